The van der Waals surface area contributed by atoms with Crippen molar-refractivity contribution in [1.29, 1.82) is 0 Å². The summed E-state index contributed by atoms with van der Waals surface area (Å²) in [5.74, 6) is 0. The zero-order valence-electron chi connectivity index (χ0n) is 13.0. The minimum Gasteiger partial charge on any atom is -0.375 e. The zero-order valence-corrected chi connectivity index (χ0v) is 13.0. The molecule has 1 aromatic heterocycles. The normalized spacial score (nSPS) is 11.2. The van der Waals surface area contributed by atoms with E-state index in [9.17, 15) is 0 Å². The first-order chi connectivity index (χ1) is 10.8. The maximum atomic E-state index is 4.40. The van der Waals surface area contributed by atoms with Crippen LogP contribution < -0.4 is 4.90 Å². The van der Waals surface area contributed by atoms with Crippen LogP contribution in [0.1, 0.15) is 18.1 Å². The standard InChI is InChI=1S/C20H20N2/c1-3-22(2)18-12-9-16(10-13-18)8-11-17-14-15-21-20-7-5-4-6-19(17)20/h4-15H,3H2,1-2H3/b11-8+. The van der Waals surface area contributed by atoms with E-state index in [4.69, 9.17) is 0 Å². The van der Waals surface area contributed by atoms with Gasteiger partial charge in [0.15, 0.2) is 0 Å². The molecule has 0 radical (unpaired) electrons. The molecular formula is C20H20N2. The van der Waals surface area contributed by atoms with Crippen molar-refractivity contribution < 1.29 is 0 Å². The maximum absolute atomic E-state index is 4.40. The Bertz CT molecular complexity index is 783. The molecule has 2 nitrogen and oxygen atoms in total. The third-order valence-electron chi connectivity index (χ3n) is 3.95. The molecule has 2 aromatic carbocycles. The first kappa shape index (κ1) is 14.3. The summed E-state index contributed by atoms with van der Waals surface area (Å²) in [5, 5.41) is 1.18. The Morgan fingerprint density at radius 1 is 0.955 bits per heavy atom. The predicted molar refractivity (Wildman–Crippen MR) is 96.1 cm³/mol. The number of hydrogen-bond acceptors (Lipinski definition) is 2. The molecule has 3 rings (SSSR count). The Morgan fingerprint density at radius 3 is 2.50 bits per heavy atom. The SMILES string of the molecule is CCN(C)c1ccc(/C=C/c2ccnc3ccccc23)cc1. The van der Waals surface area contributed by atoms with E-state index < -0.39 is 0 Å². The zero-order chi connectivity index (χ0) is 15.4. The van der Waals surface area contributed by atoms with Gasteiger partial charge in [-0.3, -0.25) is 4.98 Å². The van der Waals surface area contributed by atoms with Crippen molar-refractivity contribution in [3.63, 3.8) is 0 Å². The van der Waals surface area contributed by atoms with Crippen LogP contribution in [0.15, 0.2) is 60.8 Å². The van der Waals surface area contributed by atoms with Gasteiger partial charge in [-0.25, -0.2) is 0 Å². The van der Waals surface area contributed by atoms with Gasteiger partial charge in [-0.2, -0.15) is 0 Å². The van der Waals surface area contributed by atoms with Gasteiger partial charge >= 0.3 is 0 Å². The molecule has 0 amide bonds. The van der Waals surface area contributed by atoms with Crippen molar-refractivity contribution in [3.05, 3.63) is 71.9 Å². The topological polar surface area (TPSA) is 16.1 Å². The Labute approximate surface area is 131 Å². The highest BCUT2D eigenvalue weighted by atomic mass is 15.1. The van der Waals surface area contributed by atoms with Gasteiger partial charge in [-0.15, -0.1) is 0 Å². The van der Waals surface area contributed by atoms with E-state index in [1.807, 2.05) is 18.3 Å². The number of aromatic nitrogens is 1. The van der Waals surface area contributed by atoms with Crippen LogP contribution in [-0.4, -0.2) is 18.6 Å². The molecule has 22 heavy (non-hydrogen) atoms. The highest BCUT2D eigenvalue weighted by Gasteiger charge is 1.99. The molecule has 0 fully saturated rings. The van der Waals surface area contributed by atoms with Crippen molar-refractivity contribution in [2.75, 3.05) is 18.5 Å². The van der Waals surface area contributed by atoms with Gasteiger partial charge in [0.1, 0.15) is 0 Å². The van der Waals surface area contributed by atoms with Gasteiger partial charge in [0.25, 0.3) is 0 Å². The number of hydrogen-bond donors (Lipinski definition) is 0. The molecule has 0 N–H and O–H groups in total. The second-order valence-electron chi connectivity index (χ2n) is 5.36. The lowest BCUT2D eigenvalue weighted by atomic mass is 10.1. The number of para-hydroxylation sites is 1. The summed E-state index contributed by atoms with van der Waals surface area (Å²) in [6, 6.07) is 18.9. The molecule has 0 saturated carbocycles. The molecular weight excluding hydrogens is 268 g/mol. The van der Waals surface area contributed by atoms with Crippen molar-refractivity contribution in [2.24, 2.45) is 0 Å². The highest BCUT2D eigenvalue weighted by Crippen LogP contribution is 2.20. The molecule has 0 saturated heterocycles. The van der Waals surface area contributed by atoms with Crippen molar-refractivity contribution >= 4 is 28.7 Å². The van der Waals surface area contributed by atoms with Crippen LogP contribution in [0.5, 0.6) is 0 Å². The van der Waals surface area contributed by atoms with Crippen LogP contribution in [0.25, 0.3) is 23.1 Å². The van der Waals surface area contributed by atoms with Crippen LogP contribution >= 0.6 is 0 Å². The summed E-state index contributed by atoms with van der Waals surface area (Å²) in [4.78, 5) is 6.62. The Morgan fingerprint density at radius 2 is 1.73 bits per heavy atom. The lowest BCUT2D eigenvalue weighted by Gasteiger charge is -2.16. The molecule has 0 aliphatic heterocycles. The lowest BCUT2D eigenvalue weighted by molar-refractivity contribution is 0.968. The van der Waals surface area contributed by atoms with Crippen molar-refractivity contribution in [2.45, 2.75) is 6.92 Å². The number of pyridine rings is 1. The van der Waals surface area contributed by atoms with E-state index in [1.165, 1.54) is 22.2 Å². The minimum atomic E-state index is 1.01. The number of nitrogens with zero attached hydrogens (tertiary/aromatic N) is 2. The summed E-state index contributed by atoms with van der Waals surface area (Å²) in [5.41, 5.74) is 4.67. The van der Waals surface area contributed by atoms with Crippen molar-refractivity contribution in [3.8, 4) is 0 Å². The van der Waals surface area contributed by atoms with Crippen LogP contribution in [0, 0.1) is 0 Å². The molecule has 0 aliphatic rings. The average molecular weight is 288 g/mol. The number of anilines is 1. The number of benzene rings is 2. The fraction of sp³-hybridized carbons (Fsp3) is 0.150. The number of fused-ring (bicyclic) bond motifs is 1. The molecule has 0 spiro atoms. The summed E-state index contributed by atoms with van der Waals surface area (Å²) in [6.45, 7) is 3.17. The Balaban J connectivity index is 1.87. The smallest absolute Gasteiger partial charge is 0.0707 e. The molecule has 0 atom stereocenters. The van der Waals surface area contributed by atoms with Gasteiger partial charge < -0.3 is 4.90 Å². The first-order valence-electron chi connectivity index (χ1n) is 7.61. The molecule has 110 valence electrons. The van der Waals surface area contributed by atoms with Gasteiger partial charge in [-0.05, 0) is 42.3 Å². The lowest BCUT2D eigenvalue weighted by Crippen LogP contribution is -2.15. The first-order valence-corrected chi connectivity index (χ1v) is 7.61. The van der Waals surface area contributed by atoms with E-state index >= 15 is 0 Å². The van der Waals surface area contributed by atoms with Gasteiger partial charge in [-0.1, -0.05) is 42.5 Å². The summed E-state index contributed by atoms with van der Waals surface area (Å²) in [7, 11) is 2.11. The summed E-state index contributed by atoms with van der Waals surface area (Å²) >= 11 is 0. The average Bonchev–Trinajstić information content (AvgIpc) is 2.59. The van der Waals surface area contributed by atoms with Gasteiger partial charge in [0.05, 0.1) is 5.52 Å². The van der Waals surface area contributed by atoms with E-state index in [-0.39, 0.29) is 0 Å². The quantitative estimate of drug-likeness (QED) is 0.681. The van der Waals surface area contributed by atoms with E-state index in [0.29, 0.717) is 0 Å². The number of rotatable bonds is 4. The third kappa shape index (κ3) is 3.01. The molecule has 0 bridgehead atoms. The fourth-order valence-corrected chi connectivity index (χ4v) is 2.47. The second-order valence-corrected chi connectivity index (χ2v) is 5.36. The van der Waals surface area contributed by atoms with Crippen LogP contribution in [-0.2, 0) is 0 Å². The fourth-order valence-electron chi connectivity index (χ4n) is 2.47. The predicted octanol–water partition coefficient (Wildman–Crippen LogP) is 4.86. The van der Waals surface area contributed by atoms with Crippen molar-refractivity contribution in [1.82, 2.24) is 4.98 Å². The van der Waals surface area contributed by atoms with Gasteiger partial charge in [0, 0.05) is 30.9 Å². The molecule has 0 unspecified atom stereocenters. The summed E-state index contributed by atoms with van der Waals surface area (Å²) in [6.07, 6.45) is 6.17. The summed E-state index contributed by atoms with van der Waals surface area (Å²) < 4.78 is 0. The highest BCUT2D eigenvalue weighted by molar-refractivity contribution is 5.90. The van der Waals surface area contributed by atoms with Crippen LogP contribution in [0.4, 0.5) is 5.69 Å². The molecule has 0 aliphatic carbocycles. The molecule has 3 aromatic rings. The van der Waals surface area contributed by atoms with Crippen LogP contribution in [0.3, 0.4) is 0 Å². The maximum Gasteiger partial charge on any atom is 0.0707 e. The van der Waals surface area contributed by atoms with Gasteiger partial charge in [0.2, 0.25) is 0 Å². The van der Waals surface area contributed by atoms with E-state index in [2.05, 4.69) is 78.5 Å². The van der Waals surface area contributed by atoms with Crippen LogP contribution in [0.2, 0.25) is 0 Å². The monoisotopic (exact) mass is 288 g/mol. The second kappa shape index (κ2) is 6.44. The largest absolute Gasteiger partial charge is 0.375 e. The van der Waals surface area contributed by atoms with E-state index in [0.717, 1.165) is 12.1 Å². The Hall–Kier alpha value is -2.61. The van der Waals surface area contributed by atoms with E-state index in [1.54, 1.807) is 0 Å². The third-order valence-corrected chi connectivity index (χ3v) is 3.95. The molecule has 1 heterocycles. The Kier molecular flexibility index (Phi) is 4.19. The minimum absolute atomic E-state index is 1.01. The molecule has 2 heteroatoms.